The van der Waals surface area contributed by atoms with Gasteiger partial charge < -0.3 is 10.2 Å². The van der Waals surface area contributed by atoms with E-state index < -0.39 is 0 Å². The van der Waals surface area contributed by atoms with Crippen LogP contribution in [0.25, 0.3) is 0 Å². The number of nitrogens with zero attached hydrogens (tertiary/aromatic N) is 4. The van der Waals surface area contributed by atoms with Gasteiger partial charge in [-0.05, 0) is 50.3 Å². The van der Waals surface area contributed by atoms with Gasteiger partial charge in [-0.15, -0.1) is 10.2 Å². The number of hydrogen-bond acceptors (Lipinski definition) is 5. The highest BCUT2D eigenvalue weighted by Crippen LogP contribution is 2.41. The van der Waals surface area contributed by atoms with E-state index in [-0.39, 0.29) is 11.7 Å². The fraction of sp³-hybridized carbons (Fsp3) is 0.500. The van der Waals surface area contributed by atoms with Crippen molar-refractivity contribution in [3.05, 3.63) is 28.2 Å². The van der Waals surface area contributed by atoms with Crippen LogP contribution < -0.4 is 10.2 Å². The van der Waals surface area contributed by atoms with Crippen LogP contribution in [0.15, 0.2) is 23.4 Å². The molecule has 1 aromatic carbocycles. The number of halogens is 2. The second-order valence-corrected chi connectivity index (χ2v) is 8.68. The molecule has 1 saturated heterocycles. The molecule has 4 rings (SSSR count). The molecule has 2 aromatic rings. The number of piperidine rings is 1. The molecule has 1 aromatic heterocycles. The molecule has 0 spiro atoms. The van der Waals surface area contributed by atoms with Crippen molar-refractivity contribution in [1.82, 2.24) is 14.8 Å². The Hall–Kier alpha value is -1.44. The Morgan fingerprint density at radius 1 is 1.19 bits per heavy atom. The molecule has 2 heterocycles. The number of carbonyl (C=O) groups excluding carboxylic acids is 1. The third kappa shape index (κ3) is 4.52. The third-order valence-corrected chi connectivity index (χ3v) is 6.24. The average Bonchev–Trinajstić information content (AvgIpc) is 3.43. The number of carbonyl (C=O) groups is 1. The second-order valence-electron chi connectivity index (χ2n) is 6.89. The molecule has 1 N–H and O–H groups in total. The summed E-state index contributed by atoms with van der Waals surface area (Å²) in [6.07, 6.45) is 5.97. The molecule has 27 heavy (non-hydrogen) atoms. The molecule has 6 nitrogen and oxygen atoms in total. The van der Waals surface area contributed by atoms with Crippen molar-refractivity contribution in [2.24, 2.45) is 0 Å². The Morgan fingerprint density at radius 3 is 2.70 bits per heavy atom. The van der Waals surface area contributed by atoms with Gasteiger partial charge in [0, 0.05) is 24.2 Å². The maximum absolute atomic E-state index is 12.4. The molecule has 0 atom stereocenters. The zero-order valence-corrected chi connectivity index (χ0v) is 17.2. The van der Waals surface area contributed by atoms with Crippen LogP contribution in [0.3, 0.4) is 0 Å². The van der Waals surface area contributed by atoms with Crippen molar-refractivity contribution in [1.29, 1.82) is 0 Å². The van der Waals surface area contributed by atoms with Crippen LogP contribution in [-0.4, -0.2) is 39.5 Å². The van der Waals surface area contributed by atoms with Crippen molar-refractivity contribution in [2.75, 3.05) is 29.1 Å². The van der Waals surface area contributed by atoms with Crippen molar-refractivity contribution in [3.63, 3.8) is 0 Å². The van der Waals surface area contributed by atoms with E-state index in [1.165, 1.54) is 31.0 Å². The number of anilines is 2. The van der Waals surface area contributed by atoms with Gasteiger partial charge in [-0.3, -0.25) is 9.36 Å². The number of aromatic nitrogens is 3. The molecule has 2 fully saturated rings. The van der Waals surface area contributed by atoms with Gasteiger partial charge in [-0.25, -0.2) is 0 Å². The van der Waals surface area contributed by atoms with Crippen LogP contribution in [0.2, 0.25) is 10.0 Å². The maximum atomic E-state index is 12.4. The maximum Gasteiger partial charge on any atom is 0.234 e. The monoisotopic (exact) mass is 425 g/mol. The Bertz CT molecular complexity index is 833. The molecule has 0 unspecified atom stereocenters. The first kappa shape index (κ1) is 18.9. The normalized spacial score (nSPS) is 17.2. The van der Waals surface area contributed by atoms with Crippen LogP contribution in [0.5, 0.6) is 0 Å². The SMILES string of the molecule is O=C(CSc1nnc(N2CCCCC2)n1C1CC1)Nc1cc(Cl)ccc1Cl. The van der Waals surface area contributed by atoms with Crippen LogP contribution in [0.1, 0.15) is 38.1 Å². The van der Waals surface area contributed by atoms with Crippen molar-refractivity contribution >= 4 is 52.5 Å². The van der Waals surface area contributed by atoms with Gasteiger partial charge in [0.15, 0.2) is 5.16 Å². The molecule has 1 amide bonds. The molecular formula is C18H21Cl2N5OS. The topological polar surface area (TPSA) is 63.1 Å². The minimum atomic E-state index is -0.144. The summed E-state index contributed by atoms with van der Waals surface area (Å²) in [6.45, 7) is 2.06. The number of amides is 1. The van der Waals surface area contributed by atoms with Gasteiger partial charge in [0.25, 0.3) is 0 Å². The van der Waals surface area contributed by atoms with E-state index in [2.05, 4.69) is 25.0 Å². The zero-order chi connectivity index (χ0) is 18.8. The molecule has 0 radical (unpaired) electrons. The smallest absolute Gasteiger partial charge is 0.234 e. The summed E-state index contributed by atoms with van der Waals surface area (Å²) in [7, 11) is 0. The highest BCUT2D eigenvalue weighted by Gasteiger charge is 2.32. The first-order valence-corrected chi connectivity index (χ1v) is 10.9. The molecule has 1 saturated carbocycles. The average molecular weight is 426 g/mol. The highest BCUT2D eigenvalue weighted by molar-refractivity contribution is 7.99. The minimum Gasteiger partial charge on any atom is -0.341 e. The lowest BCUT2D eigenvalue weighted by Crippen LogP contribution is -2.32. The van der Waals surface area contributed by atoms with E-state index >= 15 is 0 Å². The number of thioether (sulfide) groups is 1. The summed E-state index contributed by atoms with van der Waals surface area (Å²) in [5, 5.41) is 13.4. The minimum absolute atomic E-state index is 0.144. The van der Waals surface area contributed by atoms with Crippen LogP contribution in [0.4, 0.5) is 11.6 Å². The fourth-order valence-electron chi connectivity index (χ4n) is 3.24. The van der Waals surface area contributed by atoms with Crippen molar-refractivity contribution in [2.45, 2.75) is 43.3 Å². The summed E-state index contributed by atoms with van der Waals surface area (Å²) in [4.78, 5) is 14.7. The van der Waals surface area contributed by atoms with E-state index in [4.69, 9.17) is 23.2 Å². The van der Waals surface area contributed by atoms with Crippen LogP contribution in [-0.2, 0) is 4.79 Å². The predicted octanol–water partition coefficient (Wildman–Crippen LogP) is 4.64. The second kappa shape index (κ2) is 8.29. The standard InChI is InChI=1S/C18H21Cl2N5OS/c19-12-4-7-14(20)15(10-12)21-16(26)11-27-18-23-22-17(25(18)13-5-6-13)24-8-2-1-3-9-24/h4,7,10,13H,1-3,5-6,8-9,11H2,(H,21,26). The van der Waals surface area contributed by atoms with Gasteiger partial charge in [0.05, 0.1) is 16.5 Å². The van der Waals surface area contributed by atoms with E-state index in [0.717, 1.165) is 37.0 Å². The number of rotatable bonds is 6. The van der Waals surface area contributed by atoms with Crippen LogP contribution >= 0.6 is 35.0 Å². The molecule has 9 heteroatoms. The molecule has 1 aliphatic heterocycles. The summed E-state index contributed by atoms with van der Waals surface area (Å²) in [6, 6.07) is 5.47. The molecule has 144 valence electrons. The van der Waals surface area contributed by atoms with E-state index in [0.29, 0.717) is 21.8 Å². The van der Waals surface area contributed by atoms with Gasteiger partial charge in [-0.1, -0.05) is 35.0 Å². The predicted molar refractivity (Wildman–Crippen MR) is 110 cm³/mol. The summed E-state index contributed by atoms with van der Waals surface area (Å²) >= 11 is 13.5. The first-order chi connectivity index (χ1) is 13.1. The number of benzene rings is 1. The number of nitrogens with one attached hydrogen (secondary N) is 1. The molecular weight excluding hydrogens is 405 g/mol. The first-order valence-electron chi connectivity index (χ1n) is 9.19. The lowest BCUT2D eigenvalue weighted by atomic mass is 10.1. The Labute approximate surface area is 172 Å². The number of hydrogen-bond donors (Lipinski definition) is 1. The molecule has 0 bridgehead atoms. The quantitative estimate of drug-likeness (QED) is 0.682. The Morgan fingerprint density at radius 2 is 1.96 bits per heavy atom. The summed E-state index contributed by atoms with van der Waals surface area (Å²) in [5.41, 5.74) is 0.521. The van der Waals surface area contributed by atoms with Gasteiger partial charge >= 0.3 is 0 Å². The Balaban J connectivity index is 1.42. The van der Waals surface area contributed by atoms with Crippen LogP contribution in [0, 0.1) is 0 Å². The van der Waals surface area contributed by atoms with Crippen molar-refractivity contribution < 1.29 is 4.79 Å². The lowest BCUT2D eigenvalue weighted by molar-refractivity contribution is -0.113. The van der Waals surface area contributed by atoms with Gasteiger partial charge in [0.1, 0.15) is 0 Å². The van der Waals surface area contributed by atoms with Crippen molar-refractivity contribution in [3.8, 4) is 0 Å². The summed E-state index contributed by atoms with van der Waals surface area (Å²) in [5.74, 6) is 1.06. The van der Waals surface area contributed by atoms with E-state index in [9.17, 15) is 4.79 Å². The fourth-order valence-corrected chi connectivity index (χ4v) is 4.38. The summed E-state index contributed by atoms with van der Waals surface area (Å²) < 4.78 is 2.22. The third-order valence-electron chi connectivity index (χ3n) is 4.73. The van der Waals surface area contributed by atoms with Gasteiger partial charge in [0.2, 0.25) is 11.9 Å². The van der Waals surface area contributed by atoms with E-state index in [1.807, 2.05) is 0 Å². The Kier molecular flexibility index (Phi) is 5.80. The van der Waals surface area contributed by atoms with E-state index in [1.54, 1.807) is 18.2 Å². The van der Waals surface area contributed by atoms with Gasteiger partial charge in [-0.2, -0.15) is 0 Å². The highest BCUT2D eigenvalue weighted by atomic mass is 35.5. The molecule has 1 aliphatic carbocycles. The largest absolute Gasteiger partial charge is 0.341 e. The lowest BCUT2D eigenvalue weighted by Gasteiger charge is -2.27. The molecule has 2 aliphatic rings. The zero-order valence-electron chi connectivity index (χ0n) is 14.8.